The largest absolute Gasteiger partial charge is 0.365 e. The van der Waals surface area contributed by atoms with Gasteiger partial charge in [-0.2, -0.15) is 0 Å². The summed E-state index contributed by atoms with van der Waals surface area (Å²) in [5, 5.41) is 0. The van der Waals surface area contributed by atoms with Crippen LogP contribution in [0.15, 0.2) is 55.1 Å². The third-order valence-corrected chi connectivity index (χ3v) is 1.67. The van der Waals surface area contributed by atoms with E-state index in [9.17, 15) is 0 Å². The molecular formula is C14H14O. The molecule has 0 aliphatic rings. The quantitative estimate of drug-likeness (QED) is 0.410. The summed E-state index contributed by atoms with van der Waals surface area (Å²) in [5.41, 5.74) is 1.02. The highest BCUT2D eigenvalue weighted by atomic mass is 16.5. The Morgan fingerprint density at radius 2 is 2.07 bits per heavy atom. The van der Waals surface area contributed by atoms with Crippen LogP contribution >= 0.6 is 0 Å². The van der Waals surface area contributed by atoms with Gasteiger partial charge in [0.25, 0.3) is 0 Å². The Hall–Kier alpha value is -1.78. The molecule has 0 atom stereocenters. The highest BCUT2D eigenvalue weighted by Gasteiger charge is 1.81. The highest BCUT2D eigenvalue weighted by molar-refractivity contribution is 5.33. The predicted molar refractivity (Wildman–Crippen MR) is 63.5 cm³/mol. The molecule has 0 aliphatic carbocycles. The first kappa shape index (κ1) is 11.3. The number of ether oxygens (including phenoxy) is 1. The van der Waals surface area contributed by atoms with Crippen molar-refractivity contribution in [2.45, 2.75) is 0 Å². The number of hydrogen-bond acceptors (Lipinski definition) is 1. The van der Waals surface area contributed by atoms with Crippen LogP contribution in [-0.4, -0.2) is 13.2 Å². The van der Waals surface area contributed by atoms with Crippen molar-refractivity contribution in [2.24, 2.45) is 0 Å². The van der Waals surface area contributed by atoms with E-state index >= 15 is 0 Å². The van der Waals surface area contributed by atoms with E-state index in [2.05, 4.69) is 18.4 Å². The van der Waals surface area contributed by atoms with Crippen LogP contribution in [0.5, 0.6) is 0 Å². The smallest absolute Gasteiger partial charge is 0.108 e. The van der Waals surface area contributed by atoms with Crippen molar-refractivity contribution in [2.75, 3.05) is 13.2 Å². The minimum absolute atomic E-state index is 0.455. The van der Waals surface area contributed by atoms with Crippen molar-refractivity contribution < 1.29 is 4.74 Å². The van der Waals surface area contributed by atoms with Crippen LogP contribution in [0.2, 0.25) is 0 Å². The first-order valence-electron chi connectivity index (χ1n) is 4.82. The molecule has 0 radical (unpaired) electrons. The zero-order valence-corrected chi connectivity index (χ0v) is 8.65. The second-order valence-corrected chi connectivity index (χ2v) is 2.85. The Morgan fingerprint density at radius 1 is 1.27 bits per heavy atom. The molecule has 15 heavy (non-hydrogen) atoms. The van der Waals surface area contributed by atoms with Gasteiger partial charge in [0.05, 0.1) is 6.61 Å². The summed E-state index contributed by atoms with van der Waals surface area (Å²) in [6, 6.07) is 9.87. The average molecular weight is 198 g/mol. The van der Waals surface area contributed by atoms with Crippen LogP contribution < -0.4 is 0 Å². The van der Waals surface area contributed by atoms with Gasteiger partial charge in [-0.3, -0.25) is 0 Å². The van der Waals surface area contributed by atoms with Crippen molar-refractivity contribution in [3.05, 3.63) is 60.7 Å². The van der Waals surface area contributed by atoms with Gasteiger partial charge in [-0.1, -0.05) is 54.8 Å². The topological polar surface area (TPSA) is 9.23 Å². The van der Waals surface area contributed by atoms with Gasteiger partial charge in [0.1, 0.15) is 6.61 Å². The van der Waals surface area contributed by atoms with E-state index in [1.165, 1.54) is 0 Å². The molecule has 0 aromatic heterocycles. The Morgan fingerprint density at radius 3 is 2.80 bits per heavy atom. The van der Waals surface area contributed by atoms with Gasteiger partial charge in [-0.05, 0) is 12.1 Å². The van der Waals surface area contributed by atoms with E-state index in [1.807, 2.05) is 42.5 Å². The lowest BCUT2D eigenvalue weighted by atomic mass is 10.2. The molecule has 1 rings (SSSR count). The second-order valence-electron chi connectivity index (χ2n) is 2.85. The van der Waals surface area contributed by atoms with Gasteiger partial charge in [0, 0.05) is 5.56 Å². The molecule has 0 unspecified atom stereocenters. The minimum atomic E-state index is 0.455. The van der Waals surface area contributed by atoms with Crippen molar-refractivity contribution in [1.29, 1.82) is 0 Å². The van der Waals surface area contributed by atoms with Crippen molar-refractivity contribution in [3.63, 3.8) is 0 Å². The summed E-state index contributed by atoms with van der Waals surface area (Å²) in [4.78, 5) is 0. The average Bonchev–Trinajstić information content (AvgIpc) is 2.29. The van der Waals surface area contributed by atoms with Crippen LogP contribution in [0, 0.1) is 11.8 Å². The maximum Gasteiger partial charge on any atom is 0.108 e. The number of allylic oxidation sites excluding steroid dienone is 2. The fourth-order valence-corrected chi connectivity index (χ4v) is 0.989. The second kappa shape index (κ2) is 7.61. The van der Waals surface area contributed by atoms with Crippen molar-refractivity contribution in [1.82, 2.24) is 0 Å². The third-order valence-electron chi connectivity index (χ3n) is 1.67. The SMILES string of the molecule is C=C/C=C/COCC#Cc1ccccc1. The van der Waals surface area contributed by atoms with Crippen molar-refractivity contribution in [3.8, 4) is 11.8 Å². The van der Waals surface area contributed by atoms with E-state index < -0.39 is 0 Å². The molecule has 0 aliphatic heterocycles. The molecule has 0 N–H and O–H groups in total. The molecule has 1 aromatic rings. The van der Waals surface area contributed by atoms with Gasteiger partial charge in [0.15, 0.2) is 0 Å². The lowest BCUT2D eigenvalue weighted by molar-refractivity contribution is 0.199. The Balaban J connectivity index is 2.23. The van der Waals surface area contributed by atoms with Crippen molar-refractivity contribution >= 4 is 0 Å². The molecule has 0 saturated heterocycles. The molecule has 1 heteroatoms. The summed E-state index contributed by atoms with van der Waals surface area (Å²) in [6.07, 6.45) is 5.47. The molecular weight excluding hydrogens is 184 g/mol. The fourth-order valence-electron chi connectivity index (χ4n) is 0.989. The van der Waals surface area contributed by atoms with E-state index in [1.54, 1.807) is 6.08 Å². The zero-order valence-electron chi connectivity index (χ0n) is 8.65. The van der Waals surface area contributed by atoms with Gasteiger partial charge in [-0.15, -0.1) is 0 Å². The maximum atomic E-state index is 5.25. The summed E-state index contributed by atoms with van der Waals surface area (Å²) >= 11 is 0. The summed E-state index contributed by atoms with van der Waals surface area (Å²) in [5.74, 6) is 5.96. The van der Waals surface area contributed by atoms with Gasteiger partial charge in [-0.25, -0.2) is 0 Å². The van der Waals surface area contributed by atoms with Gasteiger partial charge in [0.2, 0.25) is 0 Å². The molecule has 76 valence electrons. The first-order valence-corrected chi connectivity index (χ1v) is 4.82. The van der Waals surface area contributed by atoms with Crippen LogP contribution in [0.4, 0.5) is 0 Å². The number of benzene rings is 1. The fraction of sp³-hybridized carbons (Fsp3) is 0.143. The Bertz CT molecular complexity index is 365. The molecule has 0 heterocycles. The Labute approximate surface area is 91.1 Å². The summed E-state index contributed by atoms with van der Waals surface area (Å²) < 4.78 is 5.25. The van der Waals surface area contributed by atoms with Crippen LogP contribution in [0.1, 0.15) is 5.56 Å². The molecule has 0 spiro atoms. The molecule has 0 amide bonds. The van der Waals surface area contributed by atoms with Crippen LogP contribution in [-0.2, 0) is 4.74 Å². The first-order chi connectivity index (χ1) is 7.43. The molecule has 1 aromatic carbocycles. The Kier molecular flexibility index (Phi) is 5.73. The van der Waals surface area contributed by atoms with E-state index in [4.69, 9.17) is 4.74 Å². The van der Waals surface area contributed by atoms with Gasteiger partial charge < -0.3 is 4.74 Å². The molecule has 0 bridgehead atoms. The summed E-state index contributed by atoms with van der Waals surface area (Å²) in [6.45, 7) is 4.60. The number of hydrogen-bond donors (Lipinski definition) is 0. The molecule has 1 nitrogen and oxygen atoms in total. The maximum absolute atomic E-state index is 5.25. The number of rotatable bonds is 4. The molecule has 0 fully saturated rings. The van der Waals surface area contributed by atoms with E-state index in [0.29, 0.717) is 13.2 Å². The van der Waals surface area contributed by atoms with Crippen LogP contribution in [0.3, 0.4) is 0 Å². The monoisotopic (exact) mass is 198 g/mol. The lowest BCUT2D eigenvalue weighted by Crippen LogP contribution is -1.90. The van der Waals surface area contributed by atoms with Gasteiger partial charge >= 0.3 is 0 Å². The molecule has 0 saturated carbocycles. The normalized spacial score (nSPS) is 9.60. The zero-order chi connectivity index (χ0) is 10.8. The minimum Gasteiger partial charge on any atom is -0.365 e. The third kappa shape index (κ3) is 5.51. The summed E-state index contributed by atoms with van der Waals surface area (Å²) in [7, 11) is 0. The standard InChI is InChI=1S/C14H14O/c1-2-3-7-12-15-13-8-11-14-9-5-4-6-10-14/h2-7,9-10H,1,12-13H2/b7-3+. The lowest BCUT2D eigenvalue weighted by Gasteiger charge is -1.91. The van der Waals surface area contributed by atoms with E-state index in [-0.39, 0.29) is 0 Å². The highest BCUT2D eigenvalue weighted by Crippen LogP contribution is 1.94. The van der Waals surface area contributed by atoms with E-state index in [0.717, 1.165) is 5.56 Å². The predicted octanol–water partition coefficient (Wildman–Crippen LogP) is 2.80. The van der Waals surface area contributed by atoms with Crippen LogP contribution in [0.25, 0.3) is 0 Å².